The molecule has 0 unspecified atom stereocenters. The van der Waals surface area contributed by atoms with Crippen LogP contribution in [0.15, 0.2) is 6.20 Å². The number of alkyl halides is 3. The second-order valence-corrected chi connectivity index (χ2v) is 7.84. The molecule has 0 saturated carbocycles. The second kappa shape index (κ2) is 6.17. The standard InChI is InChI=1S/C13H17F3N6O2S/c1-6(2)25(23,24)22-5-8(7(3)21-22)10-9(13(14,15)16)11(18-4)20-12(17)19-10/h5-6H,1-4H3,(H3,17,18,19,20). The van der Waals surface area contributed by atoms with Crippen LogP contribution in [0.1, 0.15) is 25.1 Å². The summed E-state index contributed by atoms with van der Waals surface area (Å²) in [7, 11) is -2.56. The van der Waals surface area contributed by atoms with Crippen LogP contribution >= 0.6 is 0 Å². The summed E-state index contributed by atoms with van der Waals surface area (Å²) >= 11 is 0. The van der Waals surface area contributed by atoms with Crippen molar-refractivity contribution in [3.63, 3.8) is 0 Å². The van der Waals surface area contributed by atoms with Gasteiger partial charge in [-0.15, -0.1) is 0 Å². The summed E-state index contributed by atoms with van der Waals surface area (Å²) in [5.41, 5.74) is 3.79. The lowest BCUT2D eigenvalue weighted by molar-refractivity contribution is -0.136. The molecule has 0 amide bonds. The molecule has 0 atom stereocenters. The van der Waals surface area contributed by atoms with E-state index in [4.69, 9.17) is 5.73 Å². The molecule has 2 aromatic rings. The number of hydrogen-bond donors (Lipinski definition) is 2. The molecule has 2 aromatic heterocycles. The molecule has 0 aliphatic carbocycles. The normalized spacial score (nSPS) is 12.6. The van der Waals surface area contributed by atoms with Gasteiger partial charge in [0.15, 0.2) is 0 Å². The van der Waals surface area contributed by atoms with Gasteiger partial charge in [-0.2, -0.15) is 27.3 Å². The number of hydrogen-bond acceptors (Lipinski definition) is 7. The van der Waals surface area contributed by atoms with Crippen molar-refractivity contribution in [1.29, 1.82) is 0 Å². The van der Waals surface area contributed by atoms with E-state index >= 15 is 0 Å². The quantitative estimate of drug-likeness (QED) is 0.834. The highest BCUT2D eigenvalue weighted by Gasteiger charge is 2.40. The average molecular weight is 378 g/mol. The van der Waals surface area contributed by atoms with Gasteiger partial charge in [-0.1, -0.05) is 0 Å². The molecule has 0 radical (unpaired) electrons. The summed E-state index contributed by atoms with van der Waals surface area (Å²) in [6, 6.07) is 0. The van der Waals surface area contributed by atoms with Gasteiger partial charge in [0.25, 0.3) is 10.0 Å². The van der Waals surface area contributed by atoms with Crippen LogP contribution < -0.4 is 11.1 Å². The molecule has 3 N–H and O–H groups in total. The Morgan fingerprint density at radius 1 is 1.28 bits per heavy atom. The summed E-state index contributed by atoms with van der Waals surface area (Å²) in [6.07, 6.45) is -3.78. The first-order chi connectivity index (χ1) is 11.4. The van der Waals surface area contributed by atoms with Crippen molar-refractivity contribution < 1.29 is 21.6 Å². The van der Waals surface area contributed by atoms with E-state index in [2.05, 4.69) is 20.4 Å². The molecule has 138 valence electrons. The van der Waals surface area contributed by atoms with E-state index in [1.54, 1.807) is 0 Å². The predicted octanol–water partition coefficient (Wildman–Crippen LogP) is 1.88. The number of aromatic nitrogens is 4. The highest BCUT2D eigenvalue weighted by molar-refractivity contribution is 7.90. The Morgan fingerprint density at radius 2 is 1.88 bits per heavy atom. The Kier molecular flexibility index (Phi) is 4.68. The molecule has 0 aliphatic heterocycles. The maximum atomic E-state index is 13.5. The van der Waals surface area contributed by atoms with Crippen LogP contribution in [0.4, 0.5) is 24.9 Å². The van der Waals surface area contributed by atoms with E-state index in [0.29, 0.717) is 4.09 Å². The number of rotatable bonds is 4. The Bertz CT molecular complexity index is 905. The van der Waals surface area contributed by atoms with Crippen molar-refractivity contribution in [1.82, 2.24) is 19.2 Å². The first-order valence-electron chi connectivity index (χ1n) is 7.13. The zero-order valence-corrected chi connectivity index (χ0v) is 14.7. The molecule has 0 fully saturated rings. The van der Waals surface area contributed by atoms with Crippen LogP contribution in [0.25, 0.3) is 11.3 Å². The minimum absolute atomic E-state index is 0.0647. The van der Waals surface area contributed by atoms with E-state index in [9.17, 15) is 21.6 Å². The molecule has 0 spiro atoms. The van der Waals surface area contributed by atoms with E-state index in [1.165, 1.54) is 27.8 Å². The van der Waals surface area contributed by atoms with Crippen LogP contribution in [0, 0.1) is 6.92 Å². The minimum Gasteiger partial charge on any atom is -0.372 e. The maximum absolute atomic E-state index is 13.5. The van der Waals surface area contributed by atoms with Crippen molar-refractivity contribution in [3.05, 3.63) is 17.5 Å². The van der Waals surface area contributed by atoms with Gasteiger partial charge in [-0.05, 0) is 20.8 Å². The lowest BCUT2D eigenvalue weighted by atomic mass is 10.1. The lowest BCUT2D eigenvalue weighted by Gasteiger charge is -2.15. The Morgan fingerprint density at radius 3 is 2.36 bits per heavy atom. The van der Waals surface area contributed by atoms with E-state index in [0.717, 1.165) is 6.20 Å². The Labute approximate surface area is 142 Å². The molecule has 0 bridgehead atoms. The topological polar surface area (TPSA) is 116 Å². The molecule has 25 heavy (non-hydrogen) atoms. The van der Waals surface area contributed by atoms with Gasteiger partial charge in [0.1, 0.15) is 11.4 Å². The van der Waals surface area contributed by atoms with Crippen LogP contribution in [0.2, 0.25) is 0 Å². The summed E-state index contributed by atoms with van der Waals surface area (Å²) in [6.45, 7) is 4.27. The van der Waals surface area contributed by atoms with E-state index in [-0.39, 0.29) is 17.2 Å². The van der Waals surface area contributed by atoms with Crippen LogP contribution in [-0.2, 0) is 16.2 Å². The smallest absolute Gasteiger partial charge is 0.372 e. The fraction of sp³-hybridized carbons (Fsp3) is 0.462. The first kappa shape index (κ1) is 19.0. The fourth-order valence-corrected chi connectivity index (χ4v) is 3.06. The van der Waals surface area contributed by atoms with E-state index < -0.39 is 38.5 Å². The Hall–Kier alpha value is -2.37. The van der Waals surface area contributed by atoms with Crippen LogP contribution in [0.5, 0.6) is 0 Å². The highest BCUT2D eigenvalue weighted by atomic mass is 32.2. The van der Waals surface area contributed by atoms with E-state index in [1.807, 2.05) is 0 Å². The molecule has 2 rings (SSSR count). The first-order valence-corrected chi connectivity index (χ1v) is 8.63. The molecule has 2 heterocycles. The zero-order valence-electron chi connectivity index (χ0n) is 13.9. The van der Waals surface area contributed by atoms with Gasteiger partial charge in [0.05, 0.1) is 22.8 Å². The third kappa shape index (κ3) is 3.38. The average Bonchev–Trinajstić information content (AvgIpc) is 2.87. The molecule has 0 aliphatic rings. The molecular formula is C13H17F3N6O2S. The number of halogens is 3. The van der Waals surface area contributed by atoms with Crippen LogP contribution in [-0.4, -0.2) is 39.9 Å². The predicted molar refractivity (Wildman–Crippen MR) is 86.4 cm³/mol. The summed E-state index contributed by atoms with van der Waals surface area (Å²) in [4.78, 5) is 7.23. The Balaban J connectivity index is 2.80. The van der Waals surface area contributed by atoms with Crippen molar-refractivity contribution in [2.45, 2.75) is 32.2 Å². The van der Waals surface area contributed by atoms with Gasteiger partial charge in [0.2, 0.25) is 5.95 Å². The molecule has 0 aromatic carbocycles. The molecule has 8 nitrogen and oxygen atoms in total. The third-order valence-electron chi connectivity index (χ3n) is 3.44. The highest BCUT2D eigenvalue weighted by Crippen LogP contribution is 2.41. The van der Waals surface area contributed by atoms with Gasteiger partial charge in [-0.3, -0.25) is 0 Å². The van der Waals surface area contributed by atoms with Crippen molar-refractivity contribution in [2.75, 3.05) is 18.1 Å². The summed E-state index contributed by atoms with van der Waals surface area (Å²) in [5, 5.41) is 5.36. The number of aryl methyl sites for hydroxylation is 1. The van der Waals surface area contributed by atoms with Crippen molar-refractivity contribution >= 4 is 21.8 Å². The SMILES string of the molecule is CNc1nc(N)nc(-c2cn(S(=O)(=O)C(C)C)nc2C)c1C(F)(F)F. The van der Waals surface area contributed by atoms with Crippen molar-refractivity contribution in [2.24, 2.45) is 0 Å². The fourth-order valence-electron chi connectivity index (χ4n) is 2.14. The van der Waals surface area contributed by atoms with Gasteiger partial charge in [0, 0.05) is 12.6 Å². The second-order valence-electron chi connectivity index (χ2n) is 5.50. The number of anilines is 2. The largest absolute Gasteiger partial charge is 0.422 e. The number of nitrogen functional groups attached to an aromatic ring is 1. The van der Waals surface area contributed by atoms with Gasteiger partial charge in [-0.25, -0.2) is 13.4 Å². The number of nitrogens with zero attached hydrogens (tertiary/aromatic N) is 4. The third-order valence-corrected chi connectivity index (χ3v) is 5.34. The zero-order chi connectivity index (χ0) is 19.2. The molecule has 0 saturated heterocycles. The monoisotopic (exact) mass is 378 g/mol. The van der Waals surface area contributed by atoms with Gasteiger partial charge < -0.3 is 11.1 Å². The minimum atomic E-state index is -4.78. The summed E-state index contributed by atoms with van der Waals surface area (Å²) in [5.74, 6) is -0.889. The van der Waals surface area contributed by atoms with Gasteiger partial charge >= 0.3 is 6.18 Å². The molecular weight excluding hydrogens is 361 g/mol. The maximum Gasteiger partial charge on any atom is 0.422 e. The lowest BCUT2D eigenvalue weighted by Crippen LogP contribution is -2.22. The number of nitrogens with two attached hydrogens (primary N) is 1. The number of nitrogens with one attached hydrogen (secondary N) is 1. The summed E-state index contributed by atoms with van der Waals surface area (Å²) < 4.78 is 65.6. The van der Waals surface area contributed by atoms with Crippen LogP contribution in [0.3, 0.4) is 0 Å². The van der Waals surface area contributed by atoms with Crippen molar-refractivity contribution in [3.8, 4) is 11.3 Å². The molecule has 12 heteroatoms.